The Morgan fingerprint density at radius 1 is 1.73 bits per heavy atom. The average Bonchev–Trinajstić information content (AvgIpc) is 2.24. The highest BCUT2D eigenvalue weighted by Crippen LogP contribution is 2.06. The maximum Gasteiger partial charge on any atom is 0.224 e. The van der Waals surface area contributed by atoms with Gasteiger partial charge in [-0.3, -0.25) is 4.79 Å². The Hall–Kier alpha value is -2.38. The molecule has 5 nitrogen and oxygen atoms in total. The monoisotopic (exact) mass is 204 g/mol. The van der Waals surface area contributed by atoms with Crippen molar-refractivity contribution >= 4 is 6.29 Å². The summed E-state index contributed by atoms with van der Waals surface area (Å²) in [5.41, 5.74) is 8.01. The first-order valence-corrected chi connectivity index (χ1v) is 3.89. The number of aldehydes is 1. The van der Waals surface area contributed by atoms with Crippen LogP contribution in [0, 0.1) is 17.8 Å². The first-order valence-electron chi connectivity index (χ1n) is 3.89. The van der Waals surface area contributed by atoms with E-state index in [1.807, 2.05) is 0 Å². The molecule has 0 aromatic carbocycles. The predicted octanol–water partition coefficient (Wildman–Crippen LogP) is 1.70. The van der Waals surface area contributed by atoms with Crippen molar-refractivity contribution in [3.8, 4) is 11.8 Å². The lowest BCUT2D eigenvalue weighted by Crippen LogP contribution is -1.95. The van der Waals surface area contributed by atoms with Gasteiger partial charge in [0.05, 0.1) is 12.1 Å². The summed E-state index contributed by atoms with van der Waals surface area (Å²) in [5, 5.41) is 3.17. The Labute approximate surface area is 84.6 Å². The molecule has 6 heteroatoms. The Kier molecular flexibility index (Phi) is 3.83. The van der Waals surface area contributed by atoms with Gasteiger partial charge in [0.1, 0.15) is 0 Å². The summed E-state index contributed by atoms with van der Waals surface area (Å²) in [5.74, 6) is 4.13. The maximum absolute atomic E-state index is 12.9. The minimum atomic E-state index is -0.861. The van der Waals surface area contributed by atoms with Crippen molar-refractivity contribution in [1.82, 2.24) is 4.98 Å². The third-order valence-corrected chi connectivity index (χ3v) is 1.50. The molecule has 0 aliphatic carbocycles. The van der Waals surface area contributed by atoms with E-state index in [-0.39, 0.29) is 17.7 Å². The maximum atomic E-state index is 12.9. The van der Waals surface area contributed by atoms with Crippen molar-refractivity contribution in [2.24, 2.45) is 5.11 Å². The average molecular weight is 204 g/mol. The fourth-order valence-corrected chi connectivity index (χ4v) is 0.871. The van der Waals surface area contributed by atoms with Gasteiger partial charge in [-0.15, -0.1) is 0 Å². The van der Waals surface area contributed by atoms with E-state index in [9.17, 15) is 9.18 Å². The largest absolute Gasteiger partial charge is 0.298 e. The lowest BCUT2D eigenvalue weighted by molar-refractivity contribution is 0.111. The van der Waals surface area contributed by atoms with E-state index in [1.165, 1.54) is 12.3 Å². The smallest absolute Gasteiger partial charge is 0.224 e. The van der Waals surface area contributed by atoms with Crippen LogP contribution < -0.4 is 0 Å². The van der Waals surface area contributed by atoms with Crippen LogP contribution in [0.1, 0.15) is 15.9 Å². The lowest BCUT2D eigenvalue weighted by Gasteiger charge is -1.95. The number of aromatic nitrogens is 1. The molecule has 0 unspecified atom stereocenters. The highest BCUT2D eigenvalue weighted by Gasteiger charge is 2.05. The third kappa shape index (κ3) is 2.79. The first kappa shape index (κ1) is 10.7. The van der Waals surface area contributed by atoms with E-state index in [0.717, 1.165) is 0 Å². The number of hydrogen-bond acceptors (Lipinski definition) is 3. The van der Waals surface area contributed by atoms with Gasteiger partial charge in [-0.05, 0) is 11.6 Å². The molecule has 0 saturated heterocycles. The molecule has 0 amide bonds. The Morgan fingerprint density at radius 2 is 2.53 bits per heavy atom. The molecule has 1 heterocycles. The number of pyridine rings is 1. The van der Waals surface area contributed by atoms with E-state index in [1.54, 1.807) is 0 Å². The summed E-state index contributed by atoms with van der Waals surface area (Å²) >= 11 is 0. The second kappa shape index (κ2) is 5.37. The van der Waals surface area contributed by atoms with E-state index < -0.39 is 5.95 Å². The van der Waals surface area contributed by atoms with Crippen molar-refractivity contribution in [3.63, 3.8) is 0 Å². The van der Waals surface area contributed by atoms with Crippen molar-refractivity contribution in [3.05, 3.63) is 39.8 Å². The lowest BCUT2D eigenvalue weighted by atomic mass is 10.1. The van der Waals surface area contributed by atoms with Gasteiger partial charge >= 0.3 is 0 Å². The van der Waals surface area contributed by atoms with Crippen molar-refractivity contribution < 1.29 is 9.18 Å². The van der Waals surface area contributed by atoms with Crippen molar-refractivity contribution in [1.29, 1.82) is 0 Å². The van der Waals surface area contributed by atoms with Crippen LogP contribution in [0.15, 0.2) is 17.4 Å². The first-order chi connectivity index (χ1) is 7.29. The summed E-state index contributed by atoms with van der Waals surface area (Å²) in [7, 11) is 0. The molecule has 0 aliphatic rings. The van der Waals surface area contributed by atoms with Crippen LogP contribution in [0.25, 0.3) is 10.4 Å². The minimum absolute atomic E-state index is 0.0290. The summed E-state index contributed by atoms with van der Waals surface area (Å²) in [6, 6.07) is 1.41. The van der Waals surface area contributed by atoms with Crippen LogP contribution in [-0.2, 0) is 0 Å². The molecule has 15 heavy (non-hydrogen) atoms. The number of halogens is 1. The molecule has 74 valence electrons. The molecule has 0 atom stereocenters. The quantitative estimate of drug-likeness (QED) is 0.183. The minimum Gasteiger partial charge on any atom is -0.298 e. The molecule has 0 spiro atoms. The van der Waals surface area contributed by atoms with Crippen LogP contribution >= 0.6 is 0 Å². The molecular weight excluding hydrogens is 199 g/mol. The van der Waals surface area contributed by atoms with Crippen molar-refractivity contribution in [2.45, 2.75) is 0 Å². The molecule has 0 radical (unpaired) electrons. The number of carbonyl (C=O) groups is 1. The molecule has 0 saturated carbocycles. The van der Waals surface area contributed by atoms with Gasteiger partial charge in [0.2, 0.25) is 5.95 Å². The third-order valence-electron chi connectivity index (χ3n) is 1.50. The zero-order chi connectivity index (χ0) is 11.1. The van der Waals surface area contributed by atoms with Crippen molar-refractivity contribution in [2.75, 3.05) is 6.54 Å². The van der Waals surface area contributed by atoms with E-state index in [0.29, 0.717) is 6.29 Å². The van der Waals surface area contributed by atoms with Gasteiger partial charge in [-0.2, -0.15) is 4.39 Å². The van der Waals surface area contributed by atoms with Crippen LogP contribution in [-0.4, -0.2) is 17.8 Å². The van der Waals surface area contributed by atoms with Crippen LogP contribution in [0.4, 0.5) is 4.39 Å². The van der Waals surface area contributed by atoms with Crippen LogP contribution in [0.2, 0.25) is 0 Å². The van der Waals surface area contributed by atoms with E-state index >= 15 is 0 Å². The Balaban J connectivity index is 3.02. The molecule has 1 rings (SSSR count). The number of azide groups is 1. The summed E-state index contributed by atoms with van der Waals surface area (Å²) in [6.45, 7) is -0.0290. The Morgan fingerprint density at radius 3 is 3.20 bits per heavy atom. The highest BCUT2D eigenvalue weighted by atomic mass is 19.1. The second-order valence-electron chi connectivity index (χ2n) is 2.37. The molecule has 0 bridgehead atoms. The van der Waals surface area contributed by atoms with Gasteiger partial charge in [-0.25, -0.2) is 4.98 Å². The number of carbonyl (C=O) groups excluding carboxylic acids is 1. The van der Waals surface area contributed by atoms with E-state index in [2.05, 4.69) is 26.9 Å². The van der Waals surface area contributed by atoms with Gasteiger partial charge < -0.3 is 0 Å². The normalized spacial score (nSPS) is 8.33. The van der Waals surface area contributed by atoms with E-state index in [4.69, 9.17) is 5.53 Å². The van der Waals surface area contributed by atoms with Gasteiger partial charge in [-0.1, -0.05) is 17.0 Å². The Bertz CT molecular complexity index is 483. The molecule has 0 aliphatic heterocycles. The molecule has 1 aromatic heterocycles. The standard InChI is InChI=1S/C9H5FN4O/c10-9-8(6-15)7(3-5-12-9)2-1-4-13-14-11/h3,5-6H,4H2. The molecule has 0 N–H and O–H groups in total. The fourth-order valence-electron chi connectivity index (χ4n) is 0.871. The molecule has 0 fully saturated rings. The fraction of sp³-hybridized carbons (Fsp3) is 0.111. The summed E-state index contributed by atoms with van der Waals surface area (Å²) in [6.07, 6.45) is 1.56. The van der Waals surface area contributed by atoms with Crippen LogP contribution in [0.5, 0.6) is 0 Å². The van der Waals surface area contributed by atoms with Gasteiger partial charge in [0.25, 0.3) is 0 Å². The second-order valence-corrected chi connectivity index (χ2v) is 2.37. The summed E-state index contributed by atoms with van der Waals surface area (Å²) < 4.78 is 12.9. The van der Waals surface area contributed by atoms with Gasteiger partial charge in [0.15, 0.2) is 6.29 Å². The number of hydrogen-bond donors (Lipinski definition) is 0. The predicted molar refractivity (Wildman–Crippen MR) is 50.5 cm³/mol. The summed E-state index contributed by atoms with van der Waals surface area (Å²) in [4.78, 5) is 16.3. The molecule has 1 aromatic rings. The SMILES string of the molecule is [N-]=[N+]=NCC#Cc1ccnc(F)c1C=O. The van der Waals surface area contributed by atoms with Gasteiger partial charge in [0, 0.05) is 16.7 Å². The number of rotatable bonds is 2. The zero-order valence-corrected chi connectivity index (χ0v) is 7.51. The topological polar surface area (TPSA) is 78.7 Å². The molecular formula is C9H5FN4O. The zero-order valence-electron chi connectivity index (χ0n) is 7.51. The highest BCUT2D eigenvalue weighted by molar-refractivity contribution is 5.79. The number of nitrogens with zero attached hydrogens (tertiary/aromatic N) is 4. The van der Waals surface area contributed by atoms with Crippen LogP contribution in [0.3, 0.4) is 0 Å².